The van der Waals surface area contributed by atoms with E-state index in [9.17, 15) is 8.78 Å². The van der Waals surface area contributed by atoms with Crippen LogP contribution in [-0.2, 0) is 6.54 Å². The highest BCUT2D eigenvalue weighted by Crippen LogP contribution is 2.26. The predicted molar refractivity (Wildman–Crippen MR) is 109 cm³/mol. The second kappa shape index (κ2) is 7.90. The van der Waals surface area contributed by atoms with Crippen molar-refractivity contribution in [2.24, 2.45) is 0 Å². The van der Waals surface area contributed by atoms with Gasteiger partial charge in [-0.3, -0.25) is 0 Å². The van der Waals surface area contributed by atoms with Crippen LogP contribution in [0.3, 0.4) is 0 Å². The van der Waals surface area contributed by atoms with Gasteiger partial charge in [-0.1, -0.05) is 0 Å². The van der Waals surface area contributed by atoms with Crippen LogP contribution in [0.25, 0.3) is 11.2 Å². The van der Waals surface area contributed by atoms with E-state index in [1.165, 1.54) is 12.1 Å². The Kier molecular flexibility index (Phi) is 5.31. The Bertz CT molecular complexity index is 989. The van der Waals surface area contributed by atoms with E-state index in [0.717, 1.165) is 37.9 Å². The van der Waals surface area contributed by atoms with Gasteiger partial charge in [-0.25, -0.2) is 13.8 Å². The Hall–Kier alpha value is -2.81. The van der Waals surface area contributed by atoms with Crippen molar-refractivity contribution in [3.05, 3.63) is 41.7 Å². The maximum Gasteiger partial charge on any atom is 0.229 e. The molecule has 0 spiro atoms. The van der Waals surface area contributed by atoms with Gasteiger partial charge in [0, 0.05) is 44.8 Å². The third-order valence-electron chi connectivity index (χ3n) is 5.13. The van der Waals surface area contributed by atoms with Crippen molar-refractivity contribution >= 4 is 22.9 Å². The van der Waals surface area contributed by atoms with Gasteiger partial charge < -0.3 is 19.7 Å². The summed E-state index contributed by atoms with van der Waals surface area (Å²) in [5.74, 6) is 0.00242. The third-order valence-corrected chi connectivity index (χ3v) is 5.13. The van der Waals surface area contributed by atoms with Gasteiger partial charge in [-0.2, -0.15) is 9.97 Å². The maximum atomic E-state index is 13.5. The number of fused-ring (bicyclic) bond motifs is 1. The molecule has 0 aliphatic carbocycles. The lowest BCUT2D eigenvalue weighted by molar-refractivity contribution is 0.311. The largest absolute Gasteiger partial charge is 0.364 e. The predicted octanol–water partition coefficient (Wildman–Crippen LogP) is 3.05. The molecule has 1 N–H and O–H groups in total. The molecule has 1 aliphatic rings. The summed E-state index contributed by atoms with van der Waals surface area (Å²) in [4.78, 5) is 18.4. The van der Waals surface area contributed by atoms with Crippen molar-refractivity contribution in [2.45, 2.75) is 26.4 Å². The van der Waals surface area contributed by atoms with E-state index in [0.29, 0.717) is 22.8 Å². The second-order valence-corrected chi connectivity index (χ2v) is 7.71. The molecule has 1 saturated heterocycles. The van der Waals surface area contributed by atoms with Crippen LogP contribution in [0.15, 0.2) is 24.5 Å². The number of anilines is 2. The highest BCUT2D eigenvalue weighted by Gasteiger charge is 2.21. The summed E-state index contributed by atoms with van der Waals surface area (Å²) in [7, 11) is 2.10. The van der Waals surface area contributed by atoms with E-state index in [1.807, 2.05) is 4.57 Å². The highest BCUT2D eigenvalue weighted by molar-refractivity contribution is 5.84. The fourth-order valence-electron chi connectivity index (χ4n) is 3.45. The molecule has 9 heteroatoms. The Labute approximate surface area is 168 Å². The topological polar surface area (TPSA) is 62.1 Å². The van der Waals surface area contributed by atoms with Crippen LogP contribution in [0.5, 0.6) is 0 Å². The number of aromatic nitrogens is 4. The molecule has 7 nitrogen and oxygen atoms in total. The minimum atomic E-state index is -0.600. The van der Waals surface area contributed by atoms with Crippen molar-refractivity contribution < 1.29 is 8.78 Å². The minimum absolute atomic E-state index is 0.195. The highest BCUT2D eigenvalue weighted by atomic mass is 19.1. The molecule has 2 aromatic heterocycles. The lowest BCUT2D eigenvalue weighted by Crippen LogP contribution is -2.45. The number of piperazine rings is 1. The molecular weight excluding hydrogens is 376 g/mol. The van der Waals surface area contributed by atoms with Crippen LogP contribution in [0.2, 0.25) is 0 Å². The number of rotatable bonds is 5. The van der Waals surface area contributed by atoms with Crippen LogP contribution in [0, 0.1) is 11.6 Å². The molecule has 4 rings (SSSR count). The van der Waals surface area contributed by atoms with E-state index >= 15 is 0 Å². The summed E-state index contributed by atoms with van der Waals surface area (Å²) in [5, 5.41) is 3.20. The van der Waals surface area contributed by atoms with Crippen LogP contribution >= 0.6 is 0 Å². The number of likely N-dealkylation sites (N-methyl/N-ethyl adjacent to an activating group) is 1. The van der Waals surface area contributed by atoms with Gasteiger partial charge in [0.1, 0.15) is 11.6 Å². The lowest BCUT2D eigenvalue weighted by Gasteiger charge is -2.32. The second-order valence-electron chi connectivity index (χ2n) is 7.71. The van der Waals surface area contributed by atoms with Gasteiger partial charge in [0.2, 0.25) is 5.95 Å². The Balaban J connectivity index is 1.69. The van der Waals surface area contributed by atoms with Gasteiger partial charge >= 0.3 is 0 Å². The lowest BCUT2D eigenvalue weighted by atomic mass is 10.2. The number of imidazole rings is 1. The van der Waals surface area contributed by atoms with Crippen molar-refractivity contribution in [1.29, 1.82) is 0 Å². The summed E-state index contributed by atoms with van der Waals surface area (Å²) in [5.41, 5.74) is 1.89. The molecule has 0 amide bonds. The fraction of sp³-hybridized carbons (Fsp3) is 0.450. The van der Waals surface area contributed by atoms with Crippen molar-refractivity contribution in [1.82, 2.24) is 24.4 Å². The minimum Gasteiger partial charge on any atom is -0.364 e. The van der Waals surface area contributed by atoms with Gasteiger partial charge in [-0.15, -0.1) is 0 Å². The molecule has 0 bridgehead atoms. The van der Waals surface area contributed by atoms with Crippen LogP contribution < -0.4 is 10.2 Å². The summed E-state index contributed by atoms with van der Waals surface area (Å²) in [6, 6.07) is 3.67. The van der Waals surface area contributed by atoms with Gasteiger partial charge in [0.25, 0.3) is 0 Å². The molecular formula is C20H25F2N7. The number of hydrogen-bond acceptors (Lipinski definition) is 6. The standard InChI is InChI=1S/C20H25F2N7/c1-13(2)29-12-24-17-18(23-11-14-8-15(21)10-16(22)9-14)25-20(26-19(17)29)28-6-4-27(3)5-7-28/h8-10,12-13H,4-7,11H2,1-3H3,(H,23,25,26). The van der Waals surface area contributed by atoms with Crippen molar-refractivity contribution in [3.63, 3.8) is 0 Å². The Morgan fingerprint density at radius 2 is 1.72 bits per heavy atom. The fourth-order valence-corrected chi connectivity index (χ4v) is 3.45. The first-order valence-corrected chi connectivity index (χ1v) is 9.77. The third kappa shape index (κ3) is 4.14. The van der Waals surface area contributed by atoms with Crippen LogP contribution in [-0.4, -0.2) is 57.6 Å². The molecule has 0 unspecified atom stereocenters. The first-order valence-electron chi connectivity index (χ1n) is 9.77. The average molecular weight is 401 g/mol. The molecule has 0 atom stereocenters. The first-order chi connectivity index (χ1) is 13.9. The van der Waals surface area contributed by atoms with Crippen molar-refractivity contribution in [2.75, 3.05) is 43.4 Å². The van der Waals surface area contributed by atoms with Gasteiger partial charge in [0.15, 0.2) is 17.0 Å². The molecule has 3 aromatic rings. The van der Waals surface area contributed by atoms with E-state index in [4.69, 9.17) is 9.97 Å². The number of benzene rings is 1. The SMILES string of the molecule is CC(C)n1cnc2c(NCc3cc(F)cc(F)c3)nc(N3CCN(C)CC3)nc21. The van der Waals surface area contributed by atoms with Crippen LogP contribution in [0.4, 0.5) is 20.5 Å². The van der Waals surface area contributed by atoms with Gasteiger partial charge in [-0.05, 0) is 38.6 Å². The number of nitrogens with zero attached hydrogens (tertiary/aromatic N) is 6. The normalized spacial score (nSPS) is 15.4. The monoisotopic (exact) mass is 401 g/mol. The van der Waals surface area contributed by atoms with Gasteiger partial charge in [0.05, 0.1) is 6.33 Å². The molecule has 154 valence electrons. The smallest absolute Gasteiger partial charge is 0.229 e. The average Bonchev–Trinajstić information content (AvgIpc) is 3.10. The van der Waals surface area contributed by atoms with Crippen LogP contribution in [0.1, 0.15) is 25.5 Å². The Morgan fingerprint density at radius 3 is 2.38 bits per heavy atom. The number of nitrogens with one attached hydrogen (secondary N) is 1. The molecule has 0 radical (unpaired) electrons. The summed E-state index contributed by atoms with van der Waals surface area (Å²) < 4.78 is 29.0. The quantitative estimate of drug-likeness (QED) is 0.709. The van der Waals surface area contributed by atoms with E-state index < -0.39 is 11.6 Å². The summed E-state index contributed by atoms with van der Waals surface area (Å²) in [6.07, 6.45) is 1.75. The zero-order valence-electron chi connectivity index (χ0n) is 16.9. The number of hydrogen-bond donors (Lipinski definition) is 1. The molecule has 1 aromatic carbocycles. The van der Waals surface area contributed by atoms with E-state index in [2.05, 4.69) is 41.0 Å². The maximum absolute atomic E-state index is 13.5. The molecule has 1 fully saturated rings. The first kappa shape index (κ1) is 19.5. The summed E-state index contributed by atoms with van der Waals surface area (Å²) >= 11 is 0. The zero-order chi connectivity index (χ0) is 20.5. The molecule has 29 heavy (non-hydrogen) atoms. The van der Waals surface area contributed by atoms with E-state index in [1.54, 1.807) is 6.33 Å². The van der Waals surface area contributed by atoms with E-state index in [-0.39, 0.29) is 12.6 Å². The molecule has 3 heterocycles. The molecule has 0 saturated carbocycles. The van der Waals surface area contributed by atoms with Crippen molar-refractivity contribution in [3.8, 4) is 0 Å². The summed E-state index contributed by atoms with van der Waals surface area (Å²) in [6.45, 7) is 7.94. The number of halogens is 2. The molecule has 1 aliphatic heterocycles. The zero-order valence-corrected chi connectivity index (χ0v) is 16.9. The Morgan fingerprint density at radius 1 is 1.03 bits per heavy atom.